The highest BCUT2D eigenvalue weighted by Crippen LogP contribution is 2.27. The molecule has 0 bridgehead atoms. The van der Waals surface area contributed by atoms with Gasteiger partial charge in [-0.15, -0.1) is 0 Å². The van der Waals surface area contributed by atoms with E-state index in [9.17, 15) is 22.0 Å². The quantitative estimate of drug-likeness (QED) is 0.653. The average molecular weight is 332 g/mol. The Morgan fingerprint density at radius 1 is 1.28 bits per heavy atom. The van der Waals surface area contributed by atoms with Crippen molar-refractivity contribution in [2.45, 2.75) is 25.6 Å². The fraction of sp³-hybridized carbons (Fsp3) is 0.455. The van der Waals surface area contributed by atoms with Crippen LogP contribution in [0.25, 0.3) is 0 Å². The molecule has 0 aliphatic rings. The van der Waals surface area contributed by atoms with Crippen molar-refractivity contribution in [3.8, 4) is 0 Å². The smallest absolute Gasteiger partial charge is 0.306 e. The molecule has 0 spiro atoms. The Labute approximate surface area is 110 Å². The van der Waals surface area contributed by atoms with Gasteiger partial charge in [0.15, 0.2) is 0 Å². The Morgan fingerprint density at radius 2 is 1.89 bits per heavy atom. The second-order valence-electron chi connectivity index (χ2n) is 3.68. The molecule has 7 heteroatoms. The van der Waals surface area contributed by atoms with Crippen molar-refractivity contribution < 1.29 is 22.0 Å². The van der Waals surface area contributed by atoms with E-state index in [1.165, 1.54) is 6.92 Å². The molecule has 0 radical (unpaired) electrons. The van der Waals surface area contributed by atoms with Crippen LogP contribution >= 0.6 is 15.9 Å². The Balaban J connectivity index is 3.04. The van der Waals surface area contributed by atoms with Gasteiger partial charge in [-0.2, -0.15) is 13.2 Å². The van der Waals surface area contributed by atoms with Gasteiger partial charge in [-0.25, -0.2) is 8.78 Å². The van der Waals surface area contributed by atoms with Crippen molar-refractivity contribution in [2.24, 2.45) is 0 Å². The van der Waals surface area contributed by atoms with E-state index in [1.54, 1.807) is 0 Å². The van der Waals surface area contributed by atoms with Crippen LogP contribution in [0.15, 0.2) is 16.6 Å². The molecule has 1 atom stereocenters. The molecule has 0 aliphatic heterocycles. The molecule has 0 fully saturated rings. The lowest BCUT2D eigenvalue weighted by atomic mass is 10.0. The first-order valence-electron chi connectivity index (χ1n) is 5.19. The van der Waals surface area contributed by atoms with Crippen molar-refractivity contribution in [2.75, 3.05) is 6.54 Å². The summed E-state index contributed by atoms with van der Waals surface area (Å²) < 4.78 is 64.8. The third-order valence-electron chi connectivity index (χ3n) is 2.39. The maximum absolute atomic E-state index is 13.6. The van der Waals surface area contributed by atoms with Crippen molar-refractivity contribution in [3.63, 3.8) is 0 Å². The monoisotopic (exact) mass is 331 g/mol. The van der Waals surface area contributed by atoms with E-state index < -0.39 is 35.8 Å². The Bertz CT molecular complexity index is 419. The molecule has 1 nitrogen and oxygen atoms in total. The van der Waals surface area contributed by atoms with Gasteiger partial charge in [-0.1, -0.05) is 6.92 Å². The van der Waals surface area contributed by atoms with Crippen molar-refractivity contribution in [1.29, 1.82) is 0 Å². The zero-order valence-electron chi connectivity index (χ0n) is 9.41. The Hall–Kier alpha value is -0.690. The zero-order valence-corrected chi connectivity index (χ0v) is 11.0. The standard InChI is InChI=1S/C11H11BrF5N/c1-2-18-9(11(15,16)17)5-6-8(13)4-3-7(12)10(6)14/h3-4,9,18H,2,5H2,1H3. The topological polar surface area (TPSA) is 12.0 Å². The molecule has 0 aliphatic carbocycles. The van der Waals surface area contributed by atoms with Crippen molar-refractivity contribution in [3.05, 3.63) is 33.8 Å². The van der Waals surface area contributed by atoms with Crippen LogP contribution in [0.4, 0.5) is 22.0 Å². The third-order valence-corrected chi connectivity index (χ3v) is 3.01. The largest absolute Gasteiger partial charge is 0.404 e. The van der Waals surface area contributed by atoms with Gasteiger partial charge in [-0.05, 0) is 34.6 Å². The minimum absolute atomic E-state index is 0.0570. The lowest BCUT2D eigenvalue weighted by Crippen LogP contribution is -2.44. The van der Waals surface area contributed by atoms with Crippen LogP contribution in [0.1, 0.15) is 12.5 Å². The molecule has 1 unspecified atom stereocenters. The molecule has 102 valence electrons. The lowest BCUT2D eigenvalue weighted by molar-refractivity contribution is -0.155. The summed E-state index contributed by atoms with van der Waals surface area (Å²) in [5.41, 5.74) is -0.576. The van der Waals surface area contributed by atoms with Crippen LogP contribution in [0.3, 0.4) is 0 Å². The number of alkyl halides is 3. The molecule has 1 aromatic carbocycles. The summed E-state index contributed by atoms with van der Waals surface area (Å²) in [5.74, 6) is -1.98. The van der Waals surface area contributed by atoms with E-state index >= 15 is 0 Å². The first-order valence-corrected chi connectivity index (χ1v) is 5.99. The minimum atomic E-state index is -4.56. The van der Waals surface area contributed by atoms with E-state index in [1.807, 2.05) is 0 Å². The van der Waals surface area contributed by atoms with E-state index in [4.69, 9.17) is 0 Å². The summed E-state index contributed by atoms with van der Waals surface area (Å²) in [4.78, 5) is 0. The summed E-state index contributed by atoms with van der Waals surface area (Å²) in [5, 5.41) is 2.17. The summed E-state index contributed by atoms with van der Waals surface area (Å²) in [6.07, 6.45) is -5.34. The Kier molecular flexibility index (Phi) is 5.10. The zero-order chi connectivity index (χ0) is 13.9. The maximum atomic E-state index is 13.6. The van der Waals surface area contributed by atoms with Gasteiger partial charge in [0.2, 0.25) is 0 Å². The number of halogens is 6. The Morgan fingerprint density at radius 3 is 2.39 bits per heavy atom. The summed E-state index contributed by atoms with van der Waals surface area (Å²) >= 11 is 2.82. The van der Waals surface area contributed by atoms with Crippen LogP contribution in [-0.4, -0.2) is 18.8 Å². The molecule has 1 rings (SSSR count). The van der Waals surface area contributed by atoms with Gasteiger partial charge in [-0.3, -0.25) is 0 Å². The van der Waals surface area contributed by atoms with Gasteiger partial charge in [0.05, 0.1) is 4.47 Å². The van der Waals surface area contributed by atoms with Gasteiger partial charge >= 0.3 is 6.18 Å². The second kappa shape index (κ2) is 5.97. The van der Waals surface area contributed by atoms with Crippen molar-refractivity contribution in [1.82, 2.24) is 5.32 Å². The number of benzene rings is 1. The average Bonchev–Trinajstić information content (AvgIpc) is 2.27. The van der Waals surface area contributed by atoms with Crippen LogP contribution in [0.2, 0.25) is 0 Å². The van der Waals surface area contributed by atoms with Crippen LogP contribution < -0.4 is 5.32 Å². The molecule has 18 heavy (non-hydrogen) atoms. The van der Waals surface area contributed by atoms with Crippen LogP contribution in [0, 0.1) is 11.6 Å². The predicted octanol–water partition coefficient (Wildman–Crippen LogP) is 3.81. The maximum Gasteiger partial charge on any atom is 0.404 e. The van der Waals surface area contributed by atoms with Gasteiger partial charge in [0, 0.05) is 12.0 Å². The third kappa shape index (κ3) is 3.65. The molecular formula is C11H11BrF5N. The number of rotatable bonds is 4. The molecule has 0 amide bonds. The minimum Gasteiger partial charge on any atom is -0.306 e. The molecule has 1 aromatic rings. The first kappa shape index (κ1) is 15.4. The van der Waals surface area contributed by atoms with Gasteiger partial charge < -0.3 is 5.32 Å². The lowest BCUT2D eigenvalue weighted by Gasteiger charge is -2.21. The second-order valence-corrected chi connectivity index (χ2v) is 4.53. The highest BCUT2D eigenvalue weighted by molar-refractivity contribution is 9.10. The molecule has 0 heterocycles. The highest BCUT2D eigenvalue weighted by atomic mass is 79.9. The van der Waals surface area contributed by atoms with Crippen molar-refractivity contribution >= 4 is 15.9 Å². The fourth-order valence-corrected chi connectivity index (χ4v) is 1.88. The van der Waals surface area contributed by atoms with E-state index in [-0.39, 0.29) is 11.0 Å². The van der Waals surface area contributed by atoms with Crippen LogP contribution in [0.5, 0.6) is 0 Å². The van der Waals surface area contributed by atoms with E-state index in [0.29, 0.717) is 0 Å². The van der Waals surface area contributed by atoms with Crippen LogP contribution in [-0.2, 0) is 6.42 Å². The molecule has 1 N–H and O–H groups in total. The number of hydrogen-bond acceptors (Lipinski definition) is 1. The molecule has 0 saturated carbocycles. The number of hydrogen-bond donors (Lipinski definition) is 1. The molecule has 0 aromatic heterocycles. The summed E-state index contributed by atoms with van der Waals surface area (Å²) in [7, 11) is 0. The normalized spacial score (nSPS) is 13.7. The number of likely N-dealkylation sites (N-methyl/N-ethyl adjacent to an activating group) is 1. The van der Waals surface area contributed by atoms with Gasteiger partial charge in [0.25, 0.3) is 0 Å². The number of nitrogens with one attached hydrogen (secondary N) is 1. The summed E-state index contributed by atoms with van der Waals surface area (Å²) in [6, 6.07) is 0.0760. The first-order chi connectivity index (χ1) is 8.27. The van der Waals surface area contributed by atoms with E-state index in [2.05, 4.69) is 21.2 Å². The van der Waals surface area contributed by atoms with Gasteiger partial charge in [0.1, 0.15) is 17.7 Å². The SMILES string of the molecule is CCNC(Cc1c(F)ccc(Br)c1F)C(F)(F)F. The fourth-order valence-electron chi connectivity index (χ4n) is 1.51. The highest BCUT2D eigenvalue weighted by Gasteiger charge is 2.40. The predicted molar refractivity (Wildman–Crippen MR) is 61.3 cm³/mol. The summed E-state index contributed by atoms with van der Waals surface area (Å²) in [6.45, 7) is 1.55. The molecular weight excluding hydrogens is 321 g/mol. The molecule has 0 saturated heterocycles. The van der Waals surface area contributed by atoms with E-state index in [0.717, 1.165) is 12.1 Å².